The number of aryl methyl sites for hydroxylation is 1. The molecule has 19 heavy (non-hydrogen) atoms. The van der Waals surface area contributed by atoms with Crippen molar-refractivity contribution in [3.8, 4) is 0 Å². The molecule has 2 aromatic rings. The second-order valence-electron chi connectivity index (χ2n) is 4.20. The van der Waals surface area contributed by atoms with E-state index in [4.69, 9.17) is 0 Å². The largest absolute Gasteiger partial charge is 0.373 e. The maximum absolute atomic E-state index is 4.46. The lowest BCUT2D eigenvalue weighted by molar-refractivity contribution is 1.03. The van der Waals surface area contributed by atoms with Gasteiger partial charge in [-0.2, -0.15) is 0 Å². The summed E-state index contributed by atoms with van der Waals surface area (Å²) in [7, 11) is 1.87. The van der Waals surface area contributed by atoms with Gasteiger partial charge in [0, 0.05) is 23.2 Å². The zero-order chi connectivity index (χ0) is 13.8. The van der Waals surface area contributed by atoms with Crippen LogP contribution in [0.25, 0.3) is 0 Å². The van der Waals surface area contributed by atoms with Gasteiger partial charge in [0.2, 0.25) is 0 Å². The Balaban J connectivity index is 2.34. The molecule has 2 N–H and O–H groups in total. The molecule has 0 saturated carbocycles. The monoisotopic (exact) mass is 274 g/mol. The smallest absolute Gasteiger partial charge is 0.139 e. The summed E-state index contributed by atoms with van der Waals surface area (Å²) in [6, 6.07) is 8.28. The van der Waals surface area contributed by atoms with E-state index < -0.39 is 0 Å². The van der Waals surface area contributed by atoms with E-state index in [0.717, 1.165) is 28.7 Å². The Morgan fingerprint density at radius 1 is 1.11 bits per heavy atom. The van der Waals surface area contributed by atoms with Crippen LogP contribution >= 0.6 is 11.8 Å². The first-order valence-corrected chi connectivity index (χ1v) is 7.30. The van der Waals surface area contributed by atoms with Crippen molar-refractivity contribution in [2.45, 2.75) is 18.7 Å². The normalized spacial score (nSPS) is 10.3. The molecule has 0 atom stereocenters. The zero-order valence-electron chi connectivity index (χ0n) is 11.6. The van der Waals surface area contributed by atoms with Crippen LogP contribution in [-0.2, 0) is 0 Å². The molecule has 0 aliphatic heterocycles. The Bertz CT molecular complexity index is 584. The molecular weight excluding hydrogens is 256 g/mol. The molecule has 0 radical (unpaired) electrons. The van der Waals surface area contributed by atoms with Crippen LogP contribution in [0.1, 0.15) is 11.4 Å². The van der Waals surface area contributed by atoms with Gasteiger partial charge in [0.1, 0.15) is 17.5 Å². The number of anilines is 3. The summed E-state index contributed by atoms with van der Waals surface area (Å²) in [4.78, 5) is 10.0. The number of benzene rings is 1. The fourth-order valence-corrected chi connectivity index (χ4v) is 2.29. The second-order valence-corrected chi connectivity index (χ2v) is 5.08. The number of hydrogen-bond acceptors (Lipinski definition) is 5. The number of aromatic nitrogens is 2. The molecule has 0 saturated heterocycles. The van der Waals surface area contributed by atoms with E-state index in [1.807, 2.05) is 33.0 Å². The van der Waals surface area contributed by atoms with E-state index in [0.29, 0.717) is 0 Å². The number of rotatable bonds is 4. The highest BCUT2D eigenvalue weighted by Crippen LogP contribution is 2.25. The second kappa shape index (κ2) is 5.93. The highest BCUT2D eigenvalue weighted by Gasteiger charge is 2.08. The maximum Gasteiger partial charge on any atom is 0.139 e. The first-order chi connectivity index (χ1) is 9.13. The summed E-state index contributed by atoms with van der Waals surface area (Å²) in [5, 5.41) is 6.45. The van der Waals surface area contributed by atoms with Crippen LogP contribution in [-0.4, -0.2) is 23.3 Å². The Morgan fingerprint density at radius 2 is 1.84 bits per heavy atom. The predicted octanol–water partition coefficient (Wildman–Crippen LogP) is 3.60. The molecule has 1 aromatic heterocycles. The average molecular weight is 274 g/mol. The molecule has 0 aliphatic rings. The van der Waals surface area contributed by atoms with E-state index in [2.05, 4.69) is 39.0 Å². The molecule has 1 heterocycles. The van der Waals surface area contributed by atoms with E-state index in [1.165, 1.54) is 4.90 Å². The van der Waals surface area contributed by atoms with Crippen molar-refractivity contribution in [3.63, 3.8) is 0 Å². The van der Waals surface area contributed by atoms with Crippen LogP contribution in [0.4, 0.5) is 17.3 Å². The molecule has 0 spiro atoms. The average Bonchev–Trinajstić information content (AvgIpc) is 2.42. The summed E-state index contributed by atoms with van der Waals surface area (Å²) >= 11 is 1.72. The first kappa shape index (κ1) is 13.7. The Morgan fingerprint density at radius 3 is 2.53 bits per heavy atom. The van der Waals surface area contributed by atoms with Crippen molar-refractivity contribution in [2.24, 2.45) is 0 Å². The van der Waals surface area contributed by atoms with Gasteiger partial charge in [0.25, 0.3) is 0 Å². The molecule has 4 nitrogen and oxygen atoms in total. The van der Waals surface area contributed by atoms with Crippen molar-refractivity contribution < 1.29 is 0 Å². The van der Waals surface area contributed by atoms with Crippen molar-refractivity contribution in [3.05, 3.63) is 35.7 Å². The zero-order valence-corrected chi connectivity index (χ0v) is 12.4. The van der Waals surface area contributed by atoms with Gasteiger partial charge in [-0.3, -0.25) is 0 Å². The van der Waals surface area contributed by atoms with Gasteiger partial charge in [0.05, 0.1) is 0 Å². The van der Waals surface area contributed by atoms with Crippen LogP contribution in [0.3, 0.4) is 0 Å². The maximum atomic E-state index is 4.46. The number of thioether (sulfide) groups is 1. The van der Waals surface area contributed by atoms with Crippen LogP contribution in [0, 0.1) is 13.8 Å². The third kappa shape index (κ3) is 3.17. The molecule has 5 heteroatoms. The molecule has 0 aliphatic carbocycles. The summed E-state index contributed by atoms with van der Waals surface area (Å²) in [6.07, 6.45) is 2.07. The van der Waals surface area contributed by atoms with Gasteiger partial charge in [-0.1, -0.05) is 6.07 Å². The summed E-state index contributed by atoms with van der Waals surface area (Å²) < 4.78 is 0. The topological polar surface area (TPSA) is 49.8 Å². The van der Waals surface area contributed by atoms with Gasteiger partial charge < -0.3 is 10.6 Å². The quantitative estimate of drug-likeness (QED) is 0.834. The third-order valence-electron chi connectivity index (χ3n) is 2.83. The van der Waals surface area contributed by atoms with Crippen molar-refractivity contribution in [1.29, 1.82) is 0 Å². The molecule has 0 fully saturated rings. The predicted molar refractivity (Wildman–Crippen MR) is 82.6 cm³/mol. The standard InChI is InChI=1S/C14H18N4S/c1-9-13(15-3)16-10(2)17-14(9)18-11-6-5-7-12(8-11)19-4/h5-8H,1-4H3,(H2,15,16,17,18). The molecule has 100 valence electrons. The van der Waals surface area contributed by atoms with E-state index in [-0.39, 0.29) is 0 Å². The molecule has 0 bridgehead atoms. The number of nitrogens with one attached hydrogen (secondary N) is 2. The summed E-state index contributed by atoms with van der Waals surface area (Å²) in [5.41, 5.74) is 2.05. The van der Waals surface area contributed by atoms with Gasteiger partial charge in [-0.15, -0.1) is 11.8 Å². The van der Waals surface area contributed by atoms with Gasteiger partial charge in [0.15, 0.2) is 0 Å². The third-order valence-corrected chi connectivity index (χ3v) is 3.55. The van der Waals surface area contributed by atoms with E-state index in [9.17, 15) is 0 Å². The lowest BCUT2D eigenvalue weighted by Gasteiger charge is -2.13. The minimum atomic E-state index is 0.749. The van der Waals surface area contributed by atoms with Crippen molar-refractivity contribution >= 4 is 29.1 Å². The Labute approximate surface area is 118 Å². The van der Waals surface area contributed by atoms with E-state index >= 15 is 0 Å². The highest BCUT2D eigenvalue weighted by molar-refractivity contribution is 7.98. The molecule has 0 unspecified atom stereocenters. The molecular formula is C14H18N4S. The van der Waals surface area contributed by atoms with Crippen LogP contribution in [0.2, 0.25) is 0 Å². The fraction of sp³-hybridized carbons (Fsp3) is 0.286. The first-order valence-electron chi connectivity index (χ1n) is 6.08. The van der Waals surface area contributed by atoms with Gasteiger partial charge >= 0.3 is 0 Å². The minimum Gasteiger partial charge on any atom is -0.373 e. The van der Waals surface area contributed by atoms with Gasteiger partial charge in [-0.25, -0.2) is 9.97 Å². The lowest BCUT2D eigenvalue weighted by Crippen LogP contribution is -2.05. The molecule has 0 amide bonds. The Hall–Kier alpha value is -1.75. The van der Waals surface area contributed by atoms with Crippen LogP contribution < -0.4 is 10.6 Å². The fourth-order valence-electron chi connectivity index (χ4n) is 1.83. The van der Waals surface area contributed by atoms with Crippen LogP contribution in [0.5, 0.6) is 0 Å². The minimum absolute atomic E-state index is 0.749. The number of hydrogen-bond donors (Lipinski definition) is 2. The van der Waals surface area contributed by atoms with Crippen molar-refractivity contribution in [2.75, 3.05) is 23.9 Å². The number of nitrogens with zero attached hydrogens (tertiary/aromatic N) is 2. The Kier molecular flexibility index (Phi) is 4.27. The van der Waals surface area contributed by atoms with Crippen LogP contribution in [0.15, 0.2) is 29.2 Å². The van der Waals surface area contributed by atoms with E-state index in [1.54, 1.807) is 11.8 Å². The highest BCUT2D eigenvalue weighted by atomic mass is 32.2. The van der Waals surface area contributed by atoms with Gasteiger partial charge in [-0.05, 0) is 38.3 Å². The lowest BCUT2D eigenvalue weighted by atomic mass is 10.2. The molecule has 1 aromatic carbocycles. The summed E-state index contributed by atoms with van der Waals surface area (Å²) in [6.45, 7) is 3.90. The SMILES string of the molecule is CNc1nc(C)nc(Nc2cccc(SC)c2)c1C. The summed E-state index contributed by atoms with van der Waals surface area (Å²) in [5.74, 6) is 2.45. The van der Waals surface area contributed by atoms with Crippen molar-refractivity contribution in [1.82, 2.24) is 9.97 Å². The molecule has 2 rings (SSSR count).